The zero-order chi connectivity index (χ0) is 20.5. The lowest BCUT2D eigenvalue weighted by Crippen LogP contribution is -2.02. The summed E-state index contributed by atoms with van der Waals surface area (Å²) < 4.78 is 86.3. The maximum atomic E-state index is 9.95. The highest BCUT2D eigenvalue weighted by molar-refractivity contribution is 7.86. The number of hydrogen-bond donors (Lipinski definition) is 2. The molecule has 1 heterocycles. The summed E-state index contributed by atoms with van der Waals surface area (Å²) in [7, 11) is -5.54. The third-order valence-electron chi connectivity index (χ3n) is 1.72. The first-order valence-corrected chi connectivity index (χ1v) is 9.82. The Bertz CT molecular complexity index is 617. The van der Waals surface area contributed by atoms with Crippen molar-refractivity contribution >= 4 is 20.2 Å². The molecule has 0 aliphatic carbocycles. The molecule has 0 saturated carbocycles. The second-order valence-electron chi connectivity index (χ2n) is 4.15. The second-order valence-corrected chi connectivity index (χ2v) is 7.22. The van der Waals surface area contributed by atoms with Gasteiger partial charge in [-0.3, -0.25) is 9.11 Å². The SMILES string of the molecule is C=CCS(=O)(=O)O.CCCCS(=O)(=O)O.Cn1ccnc1.FC(F)F. The minimum absolute atomic E-state index is 0.108. The highest BCUT2D eigenvalue weighted by Gasteiger charge is 2.00. The molecule has 8 nitrogen and oxygen atoms in total. The number of alkyl halides is 3. The molecule has 13 heteroatoms. The molecule has 0 spiro atoms. The molecule has 0 aromatic carbocycles. The summed E-state index contributed by atoms with van der Waals surface area (Å²) in [5, 5.41) is 0. The molecule has 0 saturated heterocycles. The van der Waals surface area contributed by atoms with Gasteiger partial charge in [-0.05, 0) is 6.42 Å². The van der Waals surface area contributed by atoms with Crippen molar-refractivity contribution in [1.29, 1.82) is 0 Å². The van der Waals surface area contributed by atoms with E-state index < -0.39 is 26.9 Å². The number of aromatic nitrogens is 2. The topological polar surface area (TPSA) is 127 Å². The van der Waals surface area contributed by atoms with Gasteiger partial charge in [-0.1, -0.05) is 19.4 Å². The second kappa shape index (κ2) is 16.1. The summed E-state index contributed by atoms with van der Waals surface area (Å²) in [4.78, 5) is 3.78. The minimum atomic E-state index is -3.79. The summed E-state index contributed by atoms with van der Waals surface area (Å²) >= 11 is 0. The fraction of sp³-hybridized carbons (Fsp3) is 0.583. The summed E-state index contributed by atoms with van der Waals surface area (Å²) in [6.07, 6.45) is 7.84. The zero-order valence-corrected chi connectivity index (χ0v) is 15.4. The number of unbranched alkanes of at least 4 members (excludes halogenated alkanes) is 1. The molecule has 25 heavy (non-hydrogen) atoms. The first-order chi connectivity index (χ1) is 11.2. The van der Waals surface area contributed by atoms with Gasteiger partial charge in [0.2, 0.25) is 0 Å². The van der Waals surface area contributed by atoms with Gasteiger partial charge < -0.3 is 4.57 Å². The third kappa shape index (κ3) is 45.0. The highest BCUT2D eigenvalue weighted by atomic mass is 32.2. The molecule has 1 aromatic rings. The largest absolute Gasteiger partial charge is 0.379 e. The van der Waals surface area contributed by atoms with Crippen LogP contribution in [0.4, 0.5) is 13.2 Å². The van der Waals surface area contributed by atoms with Crippen molar-refractivity contribution in [2.24, 2.45) is 7.05 Å². The molecular weight excluding hydrogens is 389 g/mol. The minimum Gasteiger partial charge on any atom is -0.341 e. The van der Waals surface area contributed by atoms with Gasteiger partial charge in [0.15, 0.2) is 0 Å². The van der Waals surface area contributed by atoms with E-state index in [-0.39, 0.29) is 11.5 Å². The number of rotatable bonds is 5. The van der Waals surface area contributed by atoms with Gasteiger partial charge in [0.1, 0.15) is 0 Å². The number of aryl methyl sites for hydroxylation is 1. The van der Waals surface area contributed by atoms with Crippen LogP contribution in [-0.2, 0) is 27.3 Å². The summed E-state index contributed by atoms with van der Waals surface area (Å²) in [6, 6.07) is 0. The van der Waals surface area contributed by atoms with E-state index in [0.717, 1.165) is 12.5 Å². The van der Waals surface area contributed by atoms with Crippen LogP contribution < -0.4 is 0 Å². The van der Waals surface area contributed by atoms with Gasteiger partial charge in [0, 0.05) is 19.4 Å². The molecule has 1 rings (SSSR count). The average molecular weight is 412 g/mol. The van der Waals surface area contributed by atoms with E-state index in [4.69, 9.17) is 9.11 Å². The molecule has 0 atom stereocenters. The Labute approximate surface area is 145 Å². The molecule has 1 aromatic heterocycles. The number of imidazole rings is 1. The van der Waals surface area contributed by atoms with E-state index in [0.29, 0.717) is 6.42 Å². The van der Waals surface area contributed by atoms with E-state index in [2.05, 4.69) is 11.6 Å². The predicted octanol–water partition coefficient (Wildman–Crippen LogP) is 2.33. The summed E-state index contributed by atoms with van der Waals surface area (Å²) in [5.74, 6) is -0.476. The van der Waals surface area contributed by atoms with Crippen LogP contribution in [0.1, 0.15) is 19.8 Å². The van der Waals surface area contributed by atoms with Crippen LogP contribution in [0.2, 0.25) is 0 Å². The predicted molar refractivity (Wildman–Crippen MR) is 88.3 cm³/mol. The van der Waals surface area contributed by atoms with Crippen LogP contribution in [0.3, 0.4) is 0 Å². The Kier molecular flexibility index (Phi) is 18.2. The van der Waals surface area contributed by atoms with Crippen LogP contribution in [0, 0.1) is 0 Å². The Morgan fingerprint density at radius 3 is 1.76 bits per heavy atom. The lowest BCUT2D eigenvalue weighted by Gasteiger charge is -1.90. The van der Waals surface area contributed by atoms with Gasteiger partial charge in [0.05, 0.1) is 17.8 Å². The van der Waals surface area contributed by atoms with Crippen LogP contribution in [-0.4, -0.2) is 53.7 Å². The number of hydrogen-bond acceptors (Lipinski definition) is 5. The molecule has 0 bridgehead atoms. The Balaban J connectivity index is -0.000000265. The van der Waals surface area contributed by atoms with Crippen LogP contribution in [0.25, 0.3) is 0 Å². The van der Waals surface area contributed by atoms with Gasteiger partial charge in [0.25, 0.3) is 20.2 Å². The summed E-state index contributed by atoms with van der Waals surface area (Å²) in [5.41, 5.74) is 0. The molecule has 0 unspecified atom stereocenters. The van der Waals surface area contributed by atoms with Crippen LogP contribution in [0.5, 0.6) is 0 Å². The summed E-state index contributed by atoms with van der Waals surface area (Å²) in [6.45, 7) is 1.31. The van der Waals surface area contributed by atoms with Crippen molar-refractivity contribution in [3.63, 3.8) is 0 Å². The van der Waals surface area contributed by atoms with Crippen molar-refractivity contribution in [3.8, 4) is 0 Å². The number of halogens is 3. The van der Waals surface area contributed by atoms with Crippen molar-refractivity contribution in [3.05, 3.63) is 31.4 Å². The Morgan fingerprint density at radius 2 is 1.68 bits per heavy atom. The Hall–Kier alpha value is -1.44. The maximum absolute atomic E-state index is 9.95. The van der Waals surface area contributed by atoms with E-state index in [1.54, 1.807) is 12.5 Å². The van der Waals surface area contributed by atoms with E-state index in [1.165, 1.54) is 0 Å². The van der Waals surface area contributed by atoms with Crippen molar-refractivity contribution in [1.82, 2.24) is 9.55 Å². The smallest absolute Gasteiger partial charge is 0.341 e. The fourth-order valence-corrected chi connectivity index (χ4v) is 1.75. The first kappa shape index (κ1) is 28.4. The monoisotopic (exact) mass is 412 g/mol. The molecule has 0 aliphatic heterocycles. The van der Waals surface area contributed by atoms with Gasteiger partial charge in [-0.25, -0.2) is 4.98 Å². The quantitative estimate of drug-likeness (QED) is 0.561. The van der Waals surface area contributed by atoms with Gasteiger partial charge >= 0.3 is 6.68 Å². The molecule has 0 fully saturated rings. The zero-order valence-electron chi connectivity index (χ0n) is 13.8. The van der Waals surface area contributed by atoms with Crippen LogP contribution >= 0.6 is 0 Å². The maximum Gasteiger partial charge on any atom is 0.379 e. The molecule has 0 aliphatic rings. The molecule has 0 amide bonds. The standard InChI is InChI=1S/C4H6N2.C4H10O3S.C3H6O3S.CHF3/c1-6-3-2-5-4-6;1-2-3-4-8(5,6)7;1-2-3-7(4,5)6;2-1(3)4/h2-4H,1H3;2-4H2,1H3,(H,5,6,7);2H,1,3H2,(H,4,5,6);1H. The molecule has 2 N–H and O–H groups in total. The van der Waals surface area contributed by atoms with Crippen molar-refractivity contribution < 1.29 is 39.1 Å². The first-order valence-electron chi connectivity index (χ1n) is 6.60. The van der Waals surface area contributed by atoms with Crippen molar-refractivity contribution in [2.45, 2.75) is 26.4 Å². The Morgan fingerprint density at radius 1 is 1.20 bits per heavy atom. The lowest BCUT2D eigenvalue weighted by atomic mass is 10.4. The third-order valence-corrected chi connectivity index (χ3v) is 3.18. The van der Waals surface area contributed by atoms with E-state index >= 15 is 0 Å². The molecule has 0 radical (unpaired) electrons. The lowest BCUT2D eigenvalue weighted by molar-refractivity contribution is 0.00818. The van der Waals surface area contributed by atoms with E-state index in [9.17, 15) is 30.0 Å². The highest BCUT2D eigenvalue weighted by Crippen LogP contribution is 1.90. The fourth-order valence-electron chi connectivity index (χ4n) is 0.801. The molecular formula is C12H23F3N2O6S2. The molecule has 150 valence electrons. The normalized spacial score (nSPS) is 10.4. The van der Waals surface area contributed by atoms with Crippen molar-refractivity contribution in [2.75, 3.05) is 11.5 Å². The van der Waals surface area contributed by atoms with Gasteiger partial charge in [-0.2, -0.15) is 30.0 Å². The van der Waals surface area contributed by atoms with Crippen LogP contribution in [0.15, 0.2) is 31.4 Å². The number of nitrogens with zero attached hydrogens (tertiary/aromatic N) is 2. The van der Waals surface area contributed by atoms with E-state index in [1.807, 2.05) is 24.7 Å². The van der Waals surface area contributed by atoms with Gasteiger partial charge in [-0.15, -0.1) is 6.58 Å². The average Bonchev–Trinajstić information content (AvgIpc) is 2.86.